The molecule has 2 aromatic rings. The molecule has 0 bridgehead atoms. The molecule has 0 saturated carbocycles. The van der Waals surface area contributed by atoms with E-state index in [1.165, 1.54) is 12.1 Å². The number of rotatable bonds is 4. The van der Waals surface area contributed by atoms with Gasteiger partial charge in [-0.15, -0.1) is 0 Å². The summed E-state index contributed by atoms with van der Waals surface area (Å²) >= 11 is 0. The van der Waals surface area contributed by atoms with Crippen molar-refractivity contribution in [2.24, 2.45) is 0 Å². The lowest BCUT2D eigenvalue weighted by Gasteiger charge is -2.08. The molecule has 0 fully saturated rings. The van der Waals surface area contributed by atoms with Crippen LogP contribution in [0.25, 0.3) is 6.08 Å². The minimum atomic E-state index is -1.07. The van der Waals surface area contributed by atoms with Crippen LogP contribution in [0.3, 0.4) is 0 Å². The molecule has 2 aromatic carbocycles. The molecule has 0 aliphatic rings. The van der Waals surface area contributed by atoms with E-state index in [9.17, 15) is 9.59 Å². The van der Waals surface area contributed by atoms with Crippen molar-refractivity contribution in [3.63, 3.8) is 0 Å². The lowest BCUT2D eigenvalue weighted by Crippen LogP contribution is -2.08. The fourth-order valence-corrected chi connectivity index (χ4v) is 1.91. The van der Waals surface area contributed by atoms with Gasteiger partial charge in [0.15, 0.2) is 5.78 Å². The first kappa shape index (κ1) is 12.8. The average molecular weight is 252 g/mol. The highest BCUT2D eigenvalue weighted by Crippen LogP contribution is 2.20. The van der Waals surface area contributed by atoms with Crippen LogP contribution in [0.4, 0.5) is 0 Å². The number of carboxylic acids is 1. The van der Waals surface area contributed by atoms with Crippen LogP contribution in [0.2, 0.25) is 0 Å². The summed E-state index contributed by atoms with van der Waals surface area (Å²) in [6.45, 7) is 3.60. The number of ketones is 1. The van der Waals surface area contributed by atoms with Crippen molar-refractivity contribution in [1.82, 2.24) is 0 Å². The van der Waals surface area contributed by atoms with Crippen molar-refractivity contribution in [2.75, 3.05) is 0 Å². The van der Waals surface area contributed by atoms with Crippen molar-refractivity contribution in [3.8, 4) is 0 Å². The summed E-state index contributed by atoms with van der Waals surface area (Å²) in [5, 5.41) is 9.11. The molecule has 0 aliphatic heterocycles. The minimum Gasteiger partial charge on any atom is -0.478 e. The van der Waals surface area contributed by atoms with E-state index in [1.54, 1.807) is 36.4 Å². The predicted octanol–water partition coefficient (Wildman–Crippen LogP) is 3.26. The van der Waals surface area contributed by atoms with Crippen LogP contribution in [0, 0.1) is 0 Å². The highest BCUT2D eigenvalue weighted by atomic mass is 16.4. The quantitative estimate of drug-likeness (QED) is 0.850. The van der Waals surface area contributed by atoms with Crippen LogP contribution in [0.5, 0.6) is 0 Å². The van der Waals surface area contributed by atoms with E-state index >= 15 is 0 Å². The van der Waals surface area contributed by atoms with E-state index in [-0.39, 0.29) is 11.3 Å². The lowest BCUT2D eigenvalue weighted by molar-refractivity contribution is 0.0696. The number of carbonyl (C=O) groups excluding carboxylic acids is 1. The number of hydrogen-bond donors (Lipinski definition) is 1. The minimum absolute atomic E-state index is 0.0804. The van der Waals surface area contributed by atoms with Crippen LogP contribution >= 0.6 is 0 Å². The normalized spacial score (nSPS) is 9.89. The Morgan fingerprint density at radius 2 is 1.58 bits per heavy atom. The van der Waals surface area contributed by atoms with E-state index in [2.05, 4.69) is 6.58 Å². The zero-order chi connectivity index (χ0) is 13.8. The fraction of sp³-hybridized carbons (Fsp3) is 0. The largest absolute Gasteiger partial charge is 0.478 e. The topological polar surface area (TPSA) is 54.4 Å². The first-order valence-corrected chi connectivity index (χ1v) is 5.73. The molecule has 0 unspecified atom stereocenters. The van der Waals surface area contributed by atoms with Gasteiger partial charge in [-0.1, -0.05) is 55.1 Å². The summed E-state index contributed by atoms with van der Waals surface area (Å²) < 4.78 is 0. The van der Waals surface area contributed by atoms with E-state index in [0.717, 1.165) is 0 Å². The van der Waals surface area contributed by atoms with Gasteiger partial charge in [0.1, 0.15) is 0 Å². The molecule has 2 rings (SSSR count). The number of benzene rings is 2. The third-order valence-corrected chi connectivity index (χ3v) is 2.82. The van der Waals surface area contributed by atoms with Gasteiger partial charge in [-0.25, -0.2) is 4.79 Å². The van der Waals surface area contributed by atoms with Gasteiger partial charge in [0, 0.05) is 11.1 Å². The maximum atomic E-state index is 12.4. The molecule has 3 nitrogen and oxygen atoms in total. The molecule has 0 aliphatic carbocycles. The molecular formula is C16H12O3. The van der Waals surface area contributed by atoms with Gasteiger partial charge >= 0.3 is 5.97 Å². The summed E-state index contributed by atoms with van der Waals surface area (Å²) in [5.74, 6) is -1.28. The van der Waals surface area contributed by atoms with Gasteiger partial charge in [-0.3, -0.25) is 4.79 Å². The van der Waals surface area contributed by atoms with Gasteiger partial charge in [0.2, 0.25) is 0 Å². The fourth-order valence-electron chi connectivity index (χ4n) is 1.91. The Bertz CT molecular complexity index is 642. The summed E-state index contributed by atoms with van der Waals surface area (Å²) in [4.78, 5) is 23.5. The zero-order valence-corrected chi connectivity index (χ0v) is 10.2. The molecule has 19 heavy (non-hydrogen) atoms. The third-order valence-electron chi connectivity index (χ3n) is 2.82. The molecule has 0 saturated heterocycles. The number of aromatic carboxylic acids is 1. The Hall–Kier alpha value is -2.68. The first-order chi connectivity index (χ1) is 9.15. The van der Waals surface area contributed by atoms with Crippen molar-refractivity contribution < 1.29 is 14.7 Å². The molecule has 0 radical (unpaired) electrons. The van der Waals surface area contributed by atoms with Gasteiger partial charge in [-0.2, -0.15) is 0 Å². The summed E-state index contributed by atoms with van der Waals surface area (Å²) in [5.41, 5.74) is 1.30. The smallest absolute Gasteiger partial charge is 0.336 e. The number of carbonyl (C=O) groups is 2. The molecule has 1 N–H and O–H groups in total. The second-order valence-corrected chi connectivity index (χ2v) is 3.97. The average Bonchev–Trinajstić information content (AvgIpc) is 2.46. The second-order valence-electron chi connectivity index (χ2n) is 3.97. The van der Waals surface area contributed by atoms with E-state index in [1.807, 2.05) is 6.07 Å². The van der Waals surface area contributed by atoms with E-state index in [4.69, 9.17) is 5.11 Å². The monoisotopic (exact) mass is 252 g/mol. The van der Waals surface area contributed by atoms with Crippen LogP contribution in [-0.2, 0) is 0 Å². The first-order valence-electron chi connectivity index (χ1n) is 5.73. The predicted molar refractivity (Wildman–Crippen MR) is 73.4 cm³/mol. The van der Waals surface area contributed by atoms with Gasteiger partial charge < -0.3 is 5.11 Å². The molecular weight excluding hydrogens is 240 g/mol. The summed E-state index contributed by atoms with van der Waals surface area (Å²) in [6.07, 6.45) is 1.40. The van der Waals surface area contributed by atoms with E-state index in [0.29, 0.717) is 16.7 Å². The Labute approximate surface area is 110 Å². The van der Waals surface area contributed by atoms with Crippen molar-refractivity contribution >= 4 is 17.8 Å². The second kappa shape index (κ2) is 5.31. The van der Waals surface area contributed by atoms with Gasteiger partial charge in [-0.05, 0) is 11.6 Å². The third kappa shape index (κ3) is 2.45. The Morgan fingerprint density at radius 3 is 2.16 bits per heavy atom. The Kier molecular flexibility index (Phi) is 3.57. The van der Waals surface area contributed by atoms with Crippen LogP contribution in [0.15, 0.2) is 55.1 Å². The highest BCUT2D eigenvalue weighted by molar-refractivity contribution is 6.12. The molecule has 0 spiro atoms. The highest BCUT2D eigenvalue weighted by Gasteiger charge is 2.17. The maximum Gasteiger partial charge on any atom is 0.336 e. The zero-order valence-electron chi connectivity index (χ0n) is 10.2. The number of hydrogen-bond acceptors (Lipinski definition) is 2. The van der Waals surface area contributed by atoms with Crippen molar-refractivity contribution in [3.05, 3.63) is 77.4 Å². The Morgan fingerprint density at radius 1 is 0.947 bits per heavy atom. The van der Waals surface area contributed by atoms with Crippen LogP contribution in [0.1, 0.15) is 31.8 Å². The summed E-state index contributed by atoms with van der Waals surface area (Å²) in [6, 6.07) is 13.4. The van der Waals surface area contributed by atoms with Crippen molar-refractivity contribution in [2.45, 2.75) is 0 Å². The molecule has 3 heteroatoms. The molecule has 0 aromatic heterocycles. The SMILES string of the molecule is C=Cc1c(C(=O)O)cccc1C(=O)c1ccccc1. The summed E-state index contributed by atoms with van der Waals surface area (Å²) in [7, 11) is 0. The molecule has 94 valence electrons. The van der Waals surface area contributed by atoms with Crippen molar-refractivity contribution in [1.29, 1.82) is 0 Å². The van der Waals surface area contributed by atoms with Crippen LogP contribution < -0.4 is 0 Å². The standard InChI is InChI=1S/C16H12O3/c1-2-12-13(9-6-10-14(12)16(18)19)15(17)11-7-4-3-5-8-11/h2-10H,1H2,(H,18,19). The lowest BCUT2D eigenvalue weighted by atomic mass is 9.94. The maximum absolute atomic E-state index is 12.4. The van der Waals surface area contributed by atoms with Gasteiger partial charge in [0.05, 0.1) is 5.56 Å². The Balaban J connectivity index is 2.57. The van der Waals surface area contributed by atoms with E-state index < -0.39 is 5.97 Å². The van der Waals surface area contributed by atoms with Crippen LogP contribution in [-0.4, -0.2) is 16.9 Å². The molecule has 0 amide bonds. The molecule has 0 atom stereocenters. The van der Waals surface area contributed by atoms with Gasteiger partial charge in [0.25, 0.3) is 0 Å². The molecule has 0 heterocycles. The number of carboxylic acid groups (broad SMARTS) is 1.